The average Bonchev–Trinajstić information content (AvgIpc) is 3.38. The fraction of sp³-hybridized carbons (Fsp3) is 0.167. The topological polar surface area (TPSA) is 107 Å². The molecule has 0 spiro atoms. The van der Waals surface area contributed by atoms with Crippen LogP contribution in [0.2, 0.25) is 0 Å². The number of amidine groups is 1. The Morgan fingerprint density at radius 3 is 3.07 bits per heavy atom. The number of thiazole rings is 1. The Balaban J connectivity index is 1.53. The van der Waals surface area contributed by atoms with Crippen LogP contribution in [-0.4, -0.2) is 34.8 Å². The van der Waals surface area contributed by atoms with Crippen molar-refractivity contribution < 1.29 is 19.4 Å². The number of hydrogen-bond donors (Lipinski definition) is 2. The third-order valence-electron chi connectivity index (χ3n) is 4.01. The number of carbonyl (C=O) groups is 1. The molecule has 1 unspecified atom stereocenters. The molecule has 3 N–H and O–H groups in total. The minimum Gasteiger partial charge on any atom is -0.463 e. The molecular weight excluding hydrogens is 418 g/mol. The van der Waals surface area contributed by atoms with Gasteiger partial charge in [0.25, 0.3) is 6.02 Å². The number of aromatic nitrogens is 1. The van der Waals surface area contributed by atoms with E-state index in [1.807, 2.05) is 23.6 Å². The van der Waals surface area contributed by atoms with Crippen molar-refractivity contribution in [3.05, 3.63) is 40.6 Å². The van der Waals surface area contributed by atoms with E-state index < -0.39 is 18.4 Å². The first-order chi connectivity index (χ1) is 13.5. The summed E-state index contributed by atoms with van der Waals surface area (Å²) >= 11 is 5.06. The summed E-state index contributed by atoms with van der Waals surface area (Å²) < 4.78 is 12.1. The van der Waals surface area contributed by atoms with Crippen molar-refractivity contribution in [1.29, 1.82) is 0 Å². The molecule has 1 aromatic carbocycles. The van der Waals surface area contributed by atoms with Gasteiger partial charge in [-0.05, 0) is 35.9 Å². The van der Waals surface area contributed by atoms with E-state index in [9.17, 15) is 4.79 Å². The number of fused-ring (bicyclic) bond motifs is 1. The van der Waals surface area contributed by atoms with E-state index >= 15 is 0 Å². The van der Waals surface area contributed by atoms with Gasteiger partial charge in [-0.2, -0.15) is 0 Å². The van der Waals surface area contributed by atoms with E-state index in [1.165, 1.54) is 9.77 Å². The molecule has 1 atom stereocenters. The molecule has 28 heavy (non-hydrogen) atoms. The molecule has 4 rings (SSSR count). The van der Waals surface area contributed by atoms with Crippen LogP contribution in [0.3, 0.4) is 0 Å². The van der Waals surface area contributed by atoms with Crippen molar-refractivity contribution in [2.75, 3.05) is 6.26 Å². The summed E-state index contributed by atoms with van der Waals surface area (Å²) in [6.45, 7) is 0. The van der Waals surface area contributed by atoms with E-state index in [-0.39, 0.29) is 0 Å². The molecule has 144 valence electrons. The summed E-state index contributed by atoms with van der Waals surface area (Å²) in [6.07, 6.45) is 0.396. The second kappa shape index (κ2) is 7.82. The molecule has 0 saturated carbocycles. The van der Waals surface area contributed by atoms with Crippen molar-refractivity contribution in [1.82, 2.24) is 4.98 Å². The highest BCUT2D eigenvalue weighted by atomic mass is 32.2. The molecule has 1 aliphatic rings. The number of carboxylic acid groups (broad SMARTS) is 1. The fourth-order valence-electron chi connectivity index (χ4n) is 2.84. The Morgan fingerprint density at radius 2 is 2.29 bits per heavy atom. The van der Waals surface area contributed by atoms with Crippen molar-refractivity contribution in [2.45, 2.75) is 16.9 Å². The zero-order valence-corrected chi connectivity index (χ0v) is 17.1. The van der Waals surface area contributed by atoms with E-state index in [0.717, 1.165) is 21.8 Å². The molecule has 7 nitrogen and oxygen atoms in total. The molecule has 0 bridgehead atoms. The van der Waals surface area contributed by atoms with Gasteiger partial charge >= 0.3 is 6.09 Å². The maximum Gasteiger partial charge on any atom is 0.435 e. The maximum absolute atomic E-state index is 10.5. The Kier molecular flexibility index (Phi) is 5.25. The minimum absolute atomic E-state index is 0.435. The number of thiophene rings is 1. The summed E-state index contributed by atoms with van der Waals surface area (Å²) in [7, 11) is 0. The predicted octanol–water partition coefficient (Wildman–Crippen LogP) is 4.53. The molecule has 3 aromatic rings. The molecular formula is C18H15N3O4S3. The van der Waals surface area contributed by atoms with Crippen LogP contribution in [0.1, 0.15) is 5.56 Å². The minimum atomic E-state index is -1.41. The van der Waals surface area contributed by atoms with Gasteiger partial charge in [-0.1, -0.05) is 0 Å². The maximum atomic E-state index is 10.5. The van der Waals surface area contributed by atoms with Crippen LogP contribution in [0, 0.1) is 0 Å². The van der Waals surface area contributed by atoms with Gasteiger partial charge in [0.05, 0.1) is 16.3 Å². The molecule has 1 aliphatic heterocycles. The highest BCUT2D eigenvalue weighted by molar-refractivity contribution is 8.00. The van der Waals surface area contributed by atoms with Crippen molar-refractivity contribution >= 4 is 46.6 Å². The van der Waals surface area contributed by atoms with Crippen LogP contribution in [0.15, 0.2) is 44.2 Å². The first kappa shape index (κ1) is 18.8. The highest BCUT2D eigenvalue weighted by Gasteiger charge is 2.26. The Hall–Kier alpha value is -2.56. The quantitative estimate of drug-likeness (QED) is 0.353. The first-order valence-corrected chi connectivity index (χ1v) is 11.1. The van der Waals surface area contributed by atoms with Crippen LogP contribution < -0.4 is 10.5 Å². The van der Waals surface area contributed by atoms with E-state index in [1.54, 1.807) is 34.4 Å². The summed E-state index contributed by atoms with van der Waals surface area (Å²) in [6, 6.07) is 7.47. The SMILES string of the molecule is CSc1sccc1-c1nc(-c2ccc3c(c2)CC(OC(N)=NC(=O)O)O3)cs1. The molecule has 0 aliphatic carbocycles. The van der Waals surface area contributed by atoms with Gasteiger partial charge in [0.1, 0.15) is 10.8 Å². The summed E-state index contributed by atoms with van der Waals surface area (Å²) in [4.78, 5) is 18.4. The molecule has 3 heterocycles. The van der Waals surface area contributed by atoms with E-state index in [0.29, 0.717) is 12.2 Å². The van der Waals surface area contributed by atoms with E-state index in [2.05, 4.69) is 22.7 Å². The standard InChI is InChI=1S/C18H15N3O4S3/c1-26-16-11(4-5-27-16)15-20-12(8-28-15)9-2-3-13-10(6-9)7-14(24-13)25-17(19)21-18(22)23/h2-6,8,14H,7H2,1H3,(H2,19,21)(H,22,23). The predicted molar refractivity (Wildman–Crippen MR) is 111 cm³/mol. The Labute approximate surface area is 172 Å². The Morgan fingerprint density at radius 1 is 1.43 bits per heavy atom. The largest absolute Gasteiger partial charge is 0.463 e. The van der Waals surface area contributed by atoms with Gasteiger partial charge in [0.15, 0.2) is 0 Å². The number of amides is 1. The van der Waals surface area contributed by atoms with Gasteiger partial charge in [0, 0.05) is 22.1 Å². The lowest BCUT2D eigenvalue weighted by atomic mass is 10.1. The summed E-state index contributed by atoms with van der Waals surface area (Å²) in [5.74, 6) is 0.676. The Bertz CT molecular complexity index is 1060. The zero-order valence-electron chi connectivity index (χ0n) is 14.6. The lowest BCUT2D eigenvalue weighted by Crippen LogP contribution is -2.28. The number of benzene rings is 1. The lowest BCUT2D eigenvalue weighted by Gasteiger charge is -2.11. The lowest BCUT2D eigenvalue weighted by molar-refractivity contribution is 0.0129. The van der Waals surface area contributed by atoms with Gasteiger partial charge in [0.2, 0.25) is 6.29 Å². The monoisotopic (exact) mass is 433 g/mol. The second-order valence-electron chi connectivity index (χ2n) is 5.79. The van der Waals surface area contributed by atoms with E-state index in [4.69, 9.17) is 25.3 Å². The molecule has 10 heteroatoms. The number of nitrogens with zero attached hydrogens (tertiary/aromatic N) is 2. The van der Waals surface area contributed by atoms with Gasteiger partial charge in [-0.3, -0.25) is 0 Å². The van der Waals surface area contributed by atoms with Crippen LogP contribution in [-0.2, 0) is 11.2 Å². The third-order valence-corrected chi connectivity index (χ3v) is 6.97. The highest BCUT2D eigenvalue weighted by Crippen LogP contribution is 2.39. The number of ether oxygens (including phenoxy) is 2. The molecule has 2 aromatic heterocycles. The second-order valence-corrected chi connectivity index (χ2v) is 8.64. The third kappa shape index (κ3) is 3.84. The smallest absolute Gasteiger partial charge is 0.435 e. The zero-order chi connectivity index (χ0) is 19.7. The fourth-order valence-corrected chi connectivity index (χ4v) is 5.38. The van der Waals surface area contributed by atoms with Crippen LogP contribution in [0.5, 0.6) is 5.75 Å². The van der Waals surface area contributed by atoms with Gasteiger partial charge in [-0.25, -0.2) is 9.78 Å². The number of rotatable bonds is 4. The number of thioether (sulfide) groups is 1. The number of hydrogen-bond acceptors (Lipinski definition) is 7. The summed E-state index contributed by atoms with van der Waals surface area (Å²) in [5.41, 5.74) is 9.44. The van der Waals surface area contributed by atoms with Crippen molar-refractivity contribution in [2.24, 2.45) is 10.7 Å². The molecule has 0 saturated heterocycles. The van der Waals surface area contributed by atoms with Gasteiger partial charge < -0.3 is 20.3 Å². The van der Waals surface area contributed by atoms with Crippen LogP contribution >= 0.6 is 34.4 Å². The van der Waals surface area contributed by atoms with Gasteiger partial charge in [-0.15, -0.1) is 39.4 Å². The van der Waals surface area contributed by atoms with Crippen molar-refractivity contribution in [3.8, 4) is 27.6 Å². The molecule has 0 radical (unpaired) electrons. The molecule has 1 amide bonds. The number of nitrogens with two attached hydrogens (primary N) is 1. The van der Waals surface area contributed by atoms with Crippen LogP contribution in [0.4, 0.5) is 4.79 Å². The first-order valence-electron chi connectivity index (χ1n) is 8.14. The normalized spacial score (nSPS) is 15.9. The molecule has 0 fully saturated rings. The summed E-state index contributed by atoms with van der Waals surface area (Å²) in [5, 5.41) is 13.7. The number of aliphatic imine (C=N–C) groups is 1. The van der Waals surface area contributed by atoms with Crippen LogP contribution in [0.25, 0.3) is 21.8 Å². The van der Waals surface area contributed by atoms with Crippen molar-refractivity contribution in [3.63, 3.8) is 0 Å². The average molecular weight is 434 g/mol.